The molecular formula is C16H17NO3S. The Bertz CT molecular complexity index is 618. The fourth-order valence-corrected chi connectivity index (χ4v) is 2.30. The number of ether oxygens (including phenoxy) is 1. The molecule has 0 spiro atoms. The largest absolute Gasteiger partial charge is 0.493 e. The Kier molecular flexibility index (Phi) is 5.73. The minimum atomic E-state index is -0.130. The molecule has 1 aromatic heterocycles. The lowest BCUT2D eigenvalue weighted by Crippen LogP contribution is -2.00. The molecule has 21 heavy (non-hydrogen) atoms. The van der Waals surface area contributed by atoms with Crippen LogP contribution in [0.5, 0.6) is 5.75 Å². The van der Waals surface area contributed by atoms with E-state index >= 15 is 0 Å². The van der Waals surface area contributed by atoms with E-state index in [0.717, 1.165) is 28.5 Å². The van der Waals surface area contributed by atoms with Crippen molar-refractivity contribution < 1.29 is 14.3 Å². The van der Waals surface area contributed by atoms with Crippen molar-refractivity contribution in [2.24, 2.45) is 0 Å². The van der Waals surface area contributed by atoms with Gasteiger partial charge in [-0.1, -0.05) is 23.6 Å². The molecule has 4 nitrogen and oxygen atoms in total. The maximum atomic E-state index is 8.62. The maximum Gasteiger partial charge on any atom is 0.256 e. The van der Waals surface area contributed by atoms with Crippen LogP contribution in [0.3, 0.4) is 0 Å². The number of benzene rings is 1. The van der Waals surface area contributed by atoms with Crippen molar-refractivity contribution in [2.45, 2.75) is 19.1 Å². The molecule has 0 radical (unpaired) electrons. The van der Waals surface area contributed by atoms with Gasteiger partial charge in [-0.3, -0.25) is 0 Å². The molecule has 1 aromatic carbocycles. The zero-order chi connectivity index (χ0) is 15.1. The molecule has 1 heterocycles. The highest BCUT2D eigenvalue weighted by molar-refractivity contribution is 7.99. The summed E-state index contributed by atoms with van der Waals surface area (Å²) in [5.41, 5.74) is 1.79. The third-order valence-corrected chi connectivity index (χ3v) is 3.54. The minimum Gasteiger partial charge on any atom is -0.493 e. The molecule has 0 aliphatic carbocycles. The number of rotatable bonds is 5. The van der Waals surface area contributed by atoms with Gasteiger partial charge in [0.15, 0.2) is 0 Å². The van der Waals surface area contributed by atoms with Crippen LogP contribution < -0.4 is 4.74 Å². The highest BCUT2D eigenvalue weighted by atomic mass is 32.2. The molecule has 0 aliphatic heterocycles. The van der Waals surface area contributed by atoms with E-state index in [1.54, 1.807) is 0 Å². The monoisotopic (exact) mass is 303 g/mol. The Hall–Kier alpha value is -1.90. The number of aryl methyl sites for hydroxylation is 2. The van der Waals surface area contributed by atoms with E-state index in [0.29, 0.717) is 11.8 Å². The molecule has 0 unspecified atom stereocenters. The van der Waals surface area contributed by atoms with Crippen molar-refractivity contribution >= 4 is 11.8 Å². The van der Waals surface area contributed by atoms with Crippen LogP contribution in [0.4, 0.5) is 0 Å². The van der Waals surface area contributed by atoms with Crippen molar-refractivity contribution in [1.82, 2.24) is 4.98 Å². The van der Waals surface area contributed by atoms with Gasteiger partial charge in [-0.05, 0) is 38.1 Å². The van der Waals surface area contributed by atoms with E-state index < -0.39 is 0 Å². The molecule has 2 rings (SSSR count). The molecule has 0 amide bonds. The van der Waals surface area contributed by atoms with Gasteiger partial charge in [0.05, 0.1) is 12.3 Å². The third-order valence-electron chi connectivity index (χ3n) is 2.75. The molecule has 1 N–H and O–H groups in total. The standard InChI is InChI=1S/C16H17NO3S/c1-12-13(2)20-16(17-12)21-11-10-19-15-7-5-14(6-8-15)4-3-9-18/h5-8,18H,9-11H2,1-2H3. The molecule has 0 saturated heterocycles. The second-order valence-electron chi connectivity index (χ2n) is 4.30. The summed E-state index contributed by atoms with van der Waals surface area (Å²) in [4.78, 5) is 4.30. The summed E-state index contributed by atoms with van der Waals surface area (Å²) in [6, 6.07) is 7.47. The van der Waals surface area contributed by atoms with Crippen LogP contribution in [0.25, 0.3) is 0 Å². The van der Waals surface area contributed by atoms with Crippen molar-refractivity contribution in [3.05, 3.63) is 41.3 Å². The van der Waals surface area contributed by atoms with E-state index in [1.807, 2.05) is 38.1 Å². The van der Waals surface area contributed by atoms with E-state index in [9.17, 15) is 0 Å². The van der Waals surface area contributed by atoms with Gasteiger partial charge < -0.3 is 14.3 Å². The van der Waals surface area contributed by atoms with E-state index in [4.69, 9.17) is 14.3 Å². The van der Waals surface area contributed by atoms with Gasteiger partial charge in [0.25, 0.3) is 5.22 Å². The summed E-state index contributed by atoms with van der Waals surface area (Å²) in [7, 11) is 0. The zero-order valence-electron chi connectivity index (χ0n) is 12.0. The summed E-state index contributed by atoms with van der Waals surface area (Å²) < 4.78 is 11.1. The quantitative estimate of drug-likeness (QED) is 0.523. The van der Waals surface area contributed by atoms with Crippen LogP contribution >= 0.6 is 11.8 Å². The van der Waals surface area contributed by atoms with Gasteiger partial charge in [0.1, 0.15) is 18.1 Å². The first-order valence-electron chi connectivity index (χ1n) is 6.58. The van der Waals surface area contributed by atoms with Gasteiger partial charge >= 0.3 is 0 Å². The summed E-state index contributed by atoms with van der Waals surface area (Å²) >= 11 is 1.54. The van der Waals surface area contributed by atoms with E-state index in [-0.39, 0.29) is 6.61 Å². The Balaban J connectivity index is 1.75. The minimum absolute atomic E-state index is 0.130. The number of aromatic nitrogens is 1. The van der Waals surface area contributed by atoms with Crippen LogP contribution in [-0.2, 0) is 0 Å². The Morgan fingerprint density at radius 3 is 2.67 bits per heavy atom. The second-order valence-corrected chi connectivity index (χ2v) is 5.35. The van der Waals surface area contributed by atoms with Crippen molar-refractivity contribution in [2.75, 3.05) is 19.0 Å². The zero-order valence-corrected chi connectivity index (χ0v) is 12.9. The van der Waals surface area contributed by atoms with Crippen molar-refractivity contribution in [3.8, 4) is 17.6 Å². The average Bonchev–Trinajstić information content (AvgIpc) is 2.81. The number of aliphatic hydroxyl groups is 1. The molecule has 110 valence electrons. The fraction of sp³-hybridized carbons (Fsp3) is 0.312. The lowest BCUT2D eigenvalue weighted by molar-refractivity contribution is 0.343. The smallest absolute Gasteiger partial charge is 0.256 e. The van der Waals surface area contributed by atoms with Gasteiger partial charge in [-0.25, -0.2) is 4.98 Å². The number of hydrogen-bond donors (Lipinski definition) is 1. The van der Waals surface area contributed by atoms with Crippen LogP contribution in [0.2, 0.25) is 0 Å². The SMILES string of the molecule is Cc1nc(SCCOc2ccc(C#CCO)cc2)oc1C. The van der Waals surface area contributed by atoms with Gasteiger partial charge in [-0.2, -0.15) is 0 Å². The first-order chi connectivity index (χ1) is 10.2. The number of aliphatic hydroxyl groups excluding tert-OH is 1. The second kappa shape index (κ2) is 7.77. The van der Waals surface area contributed by atoms with Gasteiger partial charge in [-0.15, -0.1) is 0 Å². The predicted octanol–water partition coefficient (Wildman–Crippen LogP) is 2.81. The highest BCUT2D eigenvalue weighted by Crippen LogP contribution is 2.20. The molecular weight excluding hydrogens is 286 g/mol. The number of thioether (sulfide) groups is 1. The van der Waals surface area contributed by atoms with E-state index in [2.05, 4.69) is 16.8 Å². The van der Waals surface area contributed by atoms with Gasteiger partial charge in [0, 0.05) is 11.3 Å². The molecule has 0 bridgehead atoms. The number of oxazole rings is 1. The summed E-state index contributed by atoms with van der Waals surface area (Å²) in [5, 5.41) is 9.31. The highest BCUT2D eigenvalue weighted by Gasteiger charge is 2.05. The first kappa shape index (κ1) is 15.5. The van der Waals surface area contributed by atoms with Crippen LogP contribution in [0.1, 0.15) is 17.0 Å². The van der Waals surface area contributed by atoms with Crippen LogP contribution in [0.15, 0.2) is 33.9 Å². The first-order valence-corrected chi connectivity index (χ1v) is 7.57. The molecule has 0 atom stereocenters. The molecule has 0 fully saturated rings. The van der Waals surface area contributed by atoms with Crippen LogP contribution in [0, 0.1) is 25.7 Å². The third kappa shape index (κ3) is 4.85. The van der Waals surface area contributed by atoms with Gasteiger partial charge in [0.2, 0.25) is 0 Å². The average molecular weight is 303 g/mol. The topological polar surface area (TPSA) is 55.5 Å². The summed E-state index contributed by atoms with van der Waals surface area (Å²) in [6.07, 6.45) is 0. The van der Waals surface area contributed by atoms with Crippen molar-refractivity contribution in [1.29, 1.82) is 0 Å². The summed E-state index contributed by atoms with van der Waals surface area (Å²) in [5.74, 6) is 7.87. The fourth-order valence-electron chi connectivity index (χ4n) is 1.57. The normalized spacial score (nSPS) is 10.0. The molecule has 2 aromatic rings. The lowest BCUT2D eigenvalue weighted by atomic mass is 10.2. The van der Waals surface area contributed by atoms with E-state index in [1.165, 1.54) is 11.8 Å². The summed E-state index contributed by atoms with van der Waals surface area (Å²) in [6.45, 7) is 4.28. The number of nitrogens with zero attached hydrogens (tertiary/aromatic N) is 1. The molecule has 5 heteroatoms. The Morgan fingerprint density at radius 1 is 1.29 bits per heavy atom. The molecule has 0 aliphatic rings. The Morgan fingerprint density at radius 2 is 2.05 bits per heavy atom. The lowest BCUT2D eigenvalue weighted by Gasteiger charge is -2.04. The Labute approximate surface area is 128 Å². The maximum absolute atomic E-state index is 8.62. The van der Waals surface area contributed by atoms with Crippen molar-refractivity contribution in [3.63, 3.8) is 0 Å². The predicted molar refractivity (Wildman–Crippen MR) is 82.6 cm³/mol. The number of hydrogen-bond acceptors (Lipinski definition) is 5. The van der Waals surface area contributed by atoms with Crippen LogP contribution in [-0.4, -0.2) is 29.1 Å². The molecule has 0 saturated carbocycles.